The summed E-state index contributed by atoms with van der Waals surface area (Å²) in [5, 5.41) is 6.46. The molecule has 4 fully saturated rings. The Hall–Kier alpha value is -1.19. The second kappa shape index (κ2) is 20.1. The molecule has 4 aliphatic rings. The Kier molecular flexibility index (Phi) is 19.6. The van der Waals surface area contributed by atoms with Gasteiger partial charge in [-0.15, -0.1) is 17.0 Å². The van der Waals surface area contributed by atoms with Gasteiger partial charge in [-0.25, -0.2) is 27.5 Å². The molecule has 4 atom stereocenters. The topological polar surface area (TPSA) is 142 Å². The third-order valence-electron chi connectivity index (χ3n) is 6.64. The molecule has 2 saturated carbocycles. The van der Waals surface area contributed by atoms with Gasteiger partial charge in [0, 0.05) is 38.0 Å². The maximum atomic E-state index is 12.3. The van der Waals surface area contributed by atoms with Crippen molar-refractivity contribution in [3.8, 4) is 0 Å². The molecule has 44 heavy (non-hydrogen) atoms. The maximum Gasteiger partial charge on any atom is 2.00 e. The van der Waals surface area contributed by atoms with Gasteiger partial charge in [-0.05, 0) is 67.2 Å². The fraction of sp³-hybridized carbons (Fsp3) is 0.833. The van der Waals surface area contributed by atoms with Crippen LogP contribution in [0.4, 0.5) is 9.59 Å². The number of carbonyl (C=O) groups excluding carboxylic acids is 4. The molecule has 12 nitrogen and oxygen atoms in total. The number of nitrogens with zero attached hydrogens (tertiary/aromatic N) is 1. The Morgan fingerprint density at radius 3 is 1.55 bits per heavy atom. The summed E-state index contributed by atoms with van der Waals surface area (Å²) in [5.74, 6) is -0.0519. The number of rotatable bonds is 8. The van der Waals surface area contributed by atoms with E-state index < -0.39 is 35.5 Å². The first-order chi connectivity index (χ1) is 19.6. The van der Waals surface area contributed by atoms with E-state index in [2.05, 4.69) is 17.1 Å². The number of hydroxylamine groups is 2. The van der Waals surface area contributed by atoms with Gasteiger partial charge in [0.25, 0.3) is 5.91 Å². The Labute approximate surface area is 291 Å². The predicted molar refractivity (Wildman–Crippen MR) is 172 cm³/mol. The molecule has 0 spiro atoms. The van der Waals surface area contributed by atoms with Crippen LogP contribution in [0.1, 0.15) is 81.5 Å². The number of ether oxygens (including phenoxy) is 4. The van der Waals surface area contributed by atoms with Gasteiger partial charge in [0.05, 0.1) is 26.4 Å². The van der Waals surface area contributed by atoms with E-state index in [1.165, 1.54) is 27.0 Å². The molecule has 4 rings (SSSR count). The van der Waals surface area contributed by atoms with E-state index in [-0.39, 0.29) is 70.9 Å². The quantitative estimate of drug-likeness (QED) is 0.217. The summed E-state index contributed by atoms with van der Waals surface area (Å²) >= 11 is 0. The van der Waals surface area contributed by atoms with Crippen LogP contribution in [0, 0.1) is 24.2 Å². The van der Waals surface area contributed by atoms with Gasteiger partial charge in [0.1, 0.15) is 17.2 Å². The van der Waals surface area contributed by atoms with E-state index in [9.17, 15) is 19.2 Å². The molecule has 3 amide bonds. The molecule has 2 saturated heterocycles. The van der Waals surface area contributed by atoms with Gasteiger partial charge in [-0.3, -0.25) is 14.4 Å². The standard InChI is InChI=1S/C14H23NO4.C13H24N2O5.C3H5.BrH.Mg.H/c1-14(2,3)19-13(17)15-11(10-6-7-18-8-10)12(16)9-4-5-9;1-13(2,3)20-12(17)14-10(9-6-7-19-8-9)11(16)15(4)18-5;1-2-3-1;;;/h9-11H,4-8H2,1-3H3,(H,15,17);9-10H,6-8H2,1-5H3,(H,14,17);1H,2-3H2;1H;;/q;;-1;;+2;-1. The largest absolute Gasteiger partial charge is 2.00 e. The zero-order chi connectivity index (χ0) is 31.5. The number of carbonyl (C=O) groups is 4. The molecule has 0 bridgehead atoms. The minimum absolute atomic E-state index is 0. The van der Waals surface area contributed by atoms with Crippen LogP contribution in [0.25, 0.3) is 0 Å². The summed E-state index contributed by atoms with van der Waals surface area (Å²) in [4.78, 5) is 53.1. The zero-order valence-electron chi connectivity index (χ0n) is 28.8. The number of hydrogen-bond donors (Lipinski definition) is 2. The maximum absolute atomic E-state index is 12.3. The molecular formula is C30H54BrMgN3O9. The van der Waals surface area contributed by atoms with Gasteiger partial charge >= 0.3 is 35.2 Å². The SMILES string of the molecule is Br.CC(C)(C)OC(=O)NC(C(=O)C1CC1)C1CCOC1.CON(C)C(=O)C(NC(=O)OC(C)(C)C)C1CCOC1.[CH-]1CC1.[H-].[Mg+2]. The Bertz CT molecular complexity index is 899. The molecule has 2 aliphatic heterocycles. The van der Waals surface area contributed by atoms with E-state index in [0.717, 1.165) is 24.3 Å². The van der Waals surface area contributed by atoms with Crippen molar-refractivity contribution in [1.82, 2.24) is 15.7 Å². The van der Waals surface area contributed by atoms with Crippen LogP contribution >= 0.6 is 17.0 Å². The number of amides is 3. The molecule has 2 aliphatic carbocycles. The van der Waals surface area contributed by atoms with Gasteiger partial charge < -0.3 is 37.4 Å². The molecule has 2 N–H and O–H groups in total. The van der Waals surface area contributed by atoms with Crippen molar-refractivity contribution in [3.63, 3.8) is 0 Å². The fourth-order valence-electron chi connectivity index (χ4n) is 4.21. The Morgan fingerprint density at radius 2 is 1.23 bits per heavy atom. The number of likely N-dealkylation sites (N-methyl/N-ethyl adjacent to an activating group) is 1. The summed E-state index contributed by atoms with van der Waals surface area (Å²) in [6.07, 6.45) is 7.28. The van der Waals surface area contributed by atoms with Crippen molar-refractivity contribution in [2.75, 3.05) is 40.6 Å². The van der Waals surface area contributed by atoms with E-state index in [1.807, 2.05) is 20.8 Å². The fourth-order valence-corrected chi connectivity index (χ4v) is 4.21. The molecule has 2 heterocycles. The predicted octanol–water partition coefficient (Wildman–Crippen LogP) is 4.13. The number of alkyl carbamates (subject to hydrolysis) is 2. The summed E-state index contributed by atoms with van der Waals surface area (Å²) in [5.41, 5.74) is -1.17. The van der Waals surface area contributed by atoms with Crippen LogP contribution in [-0.2, 0) is 33.4 Å². The van der Waals surface area contributed by atoms with Crippen molar-refractivity contribution in [1.29, 1.82) is 0 Å². The third-order valence-corrected chi connectivity index (χ3v) is 6.64. The average Bonchev–Trinajstić information content (AvgIpc) is 3.83. The van der Waals surface area contributed by atoms with E-state index in [4.69, 9.17) is 23.8 Å². The van der Waals surface area contributed by atoms with E-state index in [0.29, 0.717) is 32.8 Å². The van der Waals surface area contributed by atoms with Crippen LogP contribution in [0.5, 0.6) is 0 Å². The van der Waals surface area contributed by atoms with Gasteiger partial charge in [-0.1, -0.05) is 0 Å². The summed E-state index contributed by atoms with van der Waals surface area (Å²) in [6.45, 7) is 12.9. The number of hydrogen-bond acceptors (Lipinski definition) is 9. The van der Waals surface area contributed by atoms with Gasteiger partial charge in [0.15, 0.2) is 5.78 Å². The first-order valence-corrected chi connectivity index (χ1v) is 14.9. The monoisotopic (exact) mass is 703 g/mol. The first-order valence-electron chi connectivity index (χ1n) is 14.9. The van der Waals surface area contributed by atoms with Gasteiger partial charge in [-0.2, -0.15) is 0 Å². The minimum Gasteiger partial charge on any atom is -1.00 e. The van der Waals surface area contributed by atoms with Crippen molar-refractivity contribution >= 4 is 63.9 Å². The van der Waals surface area contributed by atoms with Crippen LogP contribution in [0.2, 0.25) is 0 Å². The molecule has 4 unspecified atom stereocenters. The number of nitrogens with one attached hydrogen (secondary N) is 2. The molecule has 14 heteroatoms. The smallest absolute Gasteiger partial charge is 1.00 e. The first kappa shape index (κ1) is 42.8. The number of Topliss-reactive ketones (excluding diaryl/α,β-unsaturated/α-hetero) is 1. The second-order valence-electron chi connectivity index (χ2n) is 13.1. The van der Waals surface area contributed by atoms with Crippen LogP contribution in [0.15, 0.2) is 0 Å². The van der Waals surface area contributed by atoms with Crippen molar-refractivity contribution in [3.05, 3.63) is 6.42 Å². The molecule has 0 aromatic carbocycles. The normalized spacial score (nSPS) is 21.6. The molecule has 0 aromatic rings. The summed E-state index contributed by atoms with van der Waals surface area (Å²) in [6, 6.07) is -1.16. The molecule has 0 radical (unpaired) electrons. The Morgan fingerprint density at radius 1 is 0.818 bits per heavy atom. The molecule has 252 valence electrons. The molecule has 0 aromatic heterocycles. The van der Waals surface area contributed by atoms with E-state index in [1.54, 1.807) is 20.8 Å². The minimum atomic E-state index is -0.711. The summed E-state index contributed by atoms with van der Waals surface area (Å²) in [7, 11) is 2.90. The molecular weight excluding hydrogens is 651 g/mol. The van der Waals surface area contributed by atoms with Crippen molar-refractivity contribution in [2.24, 2.45) is 17.8 Å². The summed E-state index contributed by atoms with van der Waals surface area (Å²) < 4.78 is 21.0. The van der Waals surface area contributed by atoms with E-state index >= 15 is 0 Å². The number of halogens is 1. The zero-order valence-corrected chi connectivity index (χ0v) is 30.9. The Balaban J connectivity index is 0. The number of ketones is 1. The van der Waals surface area contributed by atoms with Crippen LogP contribution in [-0.4, -0.2) is 116 Å². The van der Waals surface area contributed by atoms with Gasteiger partial charge in [0.2, 0.25) is 0 Å². The van der Waals surface area contributed by atoms with Crippen molar-refractivity contribution < 1.29 is 44.4 Å². The van der Waals surface area contributed by atoms with Crippen LogP contribution in [0.3, 0.4) is 0 Å². The van der Waals surface area contributed by atoms with Crippen molar-refractivity contribution in [2.45, 2.75) is 103 Å². The average molecular weight is 705 g/mol. The third kappa shape index (κ3) is 17.5. The second-order valence-corrected chi connectivity index (χ2v) is 13.1. The van der Waals surface area contributed by atoms with Crippen LogP contribution < -0.4 is 10.6 Å².